The molecule has 28 heavy (non-hydrogen) atoms. The Balaban J connectivity index is 0.00000300. The molecule has 0 aliphatic heterocycles. The molecule has 0 unspecified atom stereocenters. The van der Waals surface area contributed by atoms with Gasteiger partial charge in [-0.25, -0.2) is 4.79 Å². The summed E-state index contributed by atoms with van der Waals surface area (Å²) in [7, 11) is 0. The fourth-order valence-corrected chi connectivity index (χ4v) is 4.12. The highest BCUT2D eigenvalue weighted by molar-refractivity contribution is 5.91. The van der Waals surface area contributed by atoms with Gasteiger partial charge in [0, 0.05) is 1.43 Å². The van der Waals surface area contributed by atoms with Gasteiger partial charge in [-0.15, -0.1) is 0 Å². The molecule has 0 bridgehead atoms. The Labute approximate surface area is 169 Å². The molecular formula is C25H31NO2. The van der Waals surface area contributed by atoms with Gasteiger partial charge in [-0.05, 0) is 79.5 Å². The molecule has 2 aromatic rings. The third-order valence-electron chi connectivity index (χ3n) is 5.87. The Morgan fingerprint density at radius 1 is 1.04 bits per heavy atom. The van der Waals surface area contributed by atoms with Gasteiger partial charge in [0.2, 0.25) is 0 Å². The van der Waals surface area contributed by atoms with Crippen molar-refractivity contribution < 1.29 is 11.0 Å². The zero-order valence-corrected chi connectivity index (χ0v) is 16.7. The van der Waals surface area contributed by atoms with E-state index in [1.54, 1.807) is 24.3 Å². The second-order valence-corrected chi connectivity index (χ2v) is 7.86. The maximum atomic E-state index is 12.3. The topological polar surface area (TPSA) is 50.1 Å². The minimum absolute atomic E-state index is 0. The highest BCUT2D eigenvalue weighted by Crippen LogP contribution is 2.37. The van der Waals surface area contributed by atoms with E-state index in [1.807, 2.05) is 12.1 Å². The second kappa shape index (κ2) is 10.1. The fraction of sp³-hybridized carbons (Fsp3) is 0.440. The Morgan fingerprint density at radius 3 is 2.32 bits per heavy atom. The predicted octanol–water partition coefficient (Wildman–Crippen LogP) is 6.88. The standard InChI is InChI=1S/C25H29NO2.H2/c1-2-3-4-5-19-6-10-21(11-7-19)22-12-14-23(15-13-22)25(27)28-24-16-8-20(18-26)9-17-24;/h8-9,12-17,19,21H,2-7,10-11H2,1H3;1H. The Bertz CT molecular complexity index is 800. The smallest absolute Gasteiger partial charge is 0.343 e. The minimum atomic E-state index is -0.365. The van der Waals surface area contributed by atoms with Gasteiger partial charge in [-0.3, -0.25) is 0 Å². The van der Waals surface area contributed by atoms with Crippen molar-refractivity contribution in [2.24, 2.45) is 5.92 Å². The van der Waals surface area contributed by atoms with Gasteiger partial charge in [0.1, 0.15) is 5.75 Å². The summed E-state index contributed by atoms with van der Waals surface area (Å²) < 4.78 is 5.40. The molecule has 0 N–H and O–H groups in total. The van der Waals surface area contributed by atoms with Crippen molar-refractivity contribution in [3.63, 3.8) is 0 Å². The number of ether oxygens (including phenoxy) is 1. The second-order valence-electron chi connectivity index (χ2n) is 7.86. The molecule has 0 radical (unpaired) electrons. The van der Waals surface area contributed by atoms with E-state index in [9.17, 15) is 4.79 Å². The van der Waals surface area contributed by atoms with Gasteiger partial charge in [0.05, 0.1) is 17.2 Å². The lowest BCUT2D eigenvalue weighted by molar-refractivity contribution is 0.0734. The molecule has 0 saturated heterocycles. The van der Waals surface area contributed by atoms with Crippen LogP contribution in [0.5, 0.6) is 5.75 Å². The van der Waals surface area contributed by atoms with Gasteiger partial charge in [-0.2, -0.15) is 5.26 Å². The van der Waals surface area contributed by atoms with E-state index in [4.69, 9.17) is 10.00 Å². The Hall–Kier alpha value is -2.60. The van der Waals surface area contributed by atoms with Crippen molar-refractivity contribution >= 4 is 5.97 Å². The van der Waals surface area contributed by atoms with Crippen molar-refractivity contribution in [1.29, 1.82) is 5.26 Å². The molecule has 1 saturated carbocycles. The van der Waals surface area contributed by atoms with Crippen LogP contribution in [0.1, 0.15) is 87.1 Å². The SMILES string of the molecule is CCCCCC1CCC(c2ccc(C(=O)Oc3ccc(C#N)cc3)cc2)CC1.[HH]. The largest absolute Gasteiger partial charge is 0.423 e. The van der Waals surface area contributed by atoms with E-state index in [1.165, 1.54) is 56.9 Å². The molecule has 0 spiro atoms. The first-order chi connectivity index (χ1) is 13.7. The van der Waals surface area contributed by atoms with Crippen molar-refractivity contribution in [3.05, 3.63) is 65.2 Å². The molecule has 2 aromatic carbocycles. The molecular weight excluding hydrogens is 346 g/mol. The van der Waals surface area contributed by atoms with Crippen LogP contribution in [0.2, 0.25) is 0 Å². The maximum Gasteiger partial charge on any atom is 0.343 e. The summed E-state index contributed by atoms with van der Waals surface area (Å²) in [5, 5.41) is 8.83. The monoisotopic (exact) mass is 377 g/mol. The van der Waals surface area contributed by atoms with Crippen LogP contribution in [0.25, 0.3) is 0 Å². The molecule has 1 fully saturated rings. The van der Waals surface area contributed by atoms with E-state index >= 15 is 0 Å². The molecule has 3 nitrogen and oxygen atoms in total. The van der Waals surface area contributed by atoms with Crippen LogP contribution < -0.4 is 4.74 Å². The molecule has 0 atom stereocenters. The van der Waals surface area contributed by atoms with E-state index in [2.05, 4.69) is 25.1 Å². The van der Waals surface area contributed by atoms with Gasteiger partial charge in [0.25, 0.3) is 0 Å². The summed E-state index contributed by atoms with van der Waals surface area (Å²) in [6.45, 7) is 2.26. The zero-order valence-electron chi connectivity index (χ0n) is 16.7. The van der Waals surface area contributed by atoms with E-state index in [0.29, 0.717) is 22.8 Å². The maximum absolute atomic E-state index is 12.3. The van der Waals surface area contributed by atoms with E-state index in [0.717, 1.165) is 5.92 Å². The normalized spacial score (nSPS) is 19.0. The number of nitriles is 1. The first-order valence-electron chi connectivity index (χ1n) is 10.5. The van der Waals surface area contributed by atoms with Crippen molar-refractivity contribution in [3.8, 4) is 11.8 Å². The summed E-state index contributed by atoms with van der Waals surface area (Å²) >= 11 is 0. The summed E-state index contributed by atoms with van der Waals surface area (Å²) in [6.07, 6.45) is 10.6. The van der Waals surface area contributed by atoms with Gasteiger partial charge in [0.15, 0.2) is 0 Å². The summed E-state index contributed by atoms with van der Waals surface area (Å²) in [4.78, 5) is 12.3. The fourth-order valence-electron chi connectivity index (χ4n) is 4.12. The summed E-state index contributed by atoms with van der Waals surface area (Å²) in [5.74, 6) is 1.61. The lowest BCUT2D eigenvalue weighted by Crippen LogP contribution is -2.14. The summed E-state index contributed by atoms with van der Waals surface area (Å²) in [5.41, 5.74) is 2.44. The highest BCUT2D eigenvalue weighted by atomic mass is 16.5. The van der Waals surface area contributed by atoms with Crippen LogP contribution in [-0.4, -0.2) is 5.97 Å². The first kappa shape index (κ1) is 20.1. The average molecular weight is 378 g/mol. The van der Waals surface area contributed by atoms with Crippen LogP contribution in [-0.2, 0) is 0 Å². The highest BCUT2D eigenvalue weighted by Gasteiger charge is 2.22. The number of hydrogen-bond acceptors (Lipinski definition) is 3. The van der Waals surface area contributed by atoms with Crippen molar-refractivity contribution in [2.45, 2.75) is 64.2 Å². The van der Waals surface area contributed by atoms with Crippen molar-refractivity contribution in [1.82, 2.24) is 0 Å². The Morgan fingerprint density at radius 2 is 1.71 bits per heavy atom. The number of benzene rings is 2. The molecule has 0 amide bonds. The number of esters is 1. The minimum Gasteiger partial charge on any atom is -0.423 e. The molecule has 0 heterocycles. The lowest BCUT2D eigenvalue weighted by atomic mass is 9.77. The third kappa shape index (κ3) is 5.45. The number of hydrogen-bond donors (Lipinski definition) is 0. The molecule has 148 valence electrons. The van der Waals surface area contributed by atoms with Crippen LogP contribution in [0.15, 0.2) is 48.5 Å². The van der Waals surface area contributed by atoms with Crippen LogP contribution >= 0.6 is 0 Å². The molecule has 1 aliphatic carbocycles. The quantitative estimate of drug-likeness (QED) is 0.300. The van der Waals surface area contributed by atoms with Gasteiger partial charge >= 0.3 is 5.97 Å². The van der Waals surface area contributed by atoms with Crippen molar-refractivity contribution in [2.75, 3.05) is 0 Å². The number of carbonyl (C=O) groups excluding carboxylic acids is 1. The number of unbranched alkanes of at least 4 members (excludes halogenated alkanes) is 2. The van der Waals surface area contributed by atoms with Crippen LogP contribution in [0.3, 0.4) is 0 Å². The molecule has 0 aromatic heterocycles. The van der Waals surface area contributed by atoms with Gasteiger partial charge < -0.3 is 4.74 Å². The van der Waals surface area contributed by atoms with E-state index < -0.39 is 0 Å². The zero-order chi connectivity index (χ0) is 19.8. The molecule has 1 aliphatic rings. The van der Waals surface area contributed by atoms with Gasteiger partial charge in [-0.1, -0.05) is 44.7 Å². The summed E-state index contributed by atoms with van der Waals surface area (Å²) in [6, 6.07) is 16.5. The molecule has 3 rings (SSSR count). The number of nitrogens with zero attached hydrogens (tertiary/aromatic N) is 1. The number of rotatable bonds is 7. The third-order valence-corrected chi connectivity index (χ3v) is 5.87. The van der Waals surface area contributed by atoms with E-state index in [-0.39, 0.29) is 7.40 Å². The predicted molar refractivity (Wildman–Crippen MR) is 114 cm³/mol. The Kier molecular flexibility index (Phi) is 7.25. The average Bonchev–Trinajstić information content (AvgIpc) is 2.75. The number of carbonyl (C=O) groups is 1. The molecule has 3 heteroatoms. The first-order valence-corrected chi connectivity index (χ1v) is 10.5. The lowest BCUT2D eigenvalue weighted by Gasteiger charge is -2.29. The van der Waals surface area contributed by atoms with Crippen LogP contribution in [0, 0.1) is 17.2 Å². The van der Waals surface area contributed by atoms with Crippen LogP contribution in [0.4, 0.5) is 0 Å².